The maximum absolute atomic E-state index is 13.5. The van der Waals surface area contributed by atoms with E-state index in [4.69, 9.17) is 0 Å². The first-order valence-corrected chi connectivity index (χ1v) is 12.0. The molecule has 43 heavy (non-hydrogen) atoms. The van der Waals surface area contributed by atoms with E-state index in [0.717, 1.165) is 6.92 Å². The zero-order valence-electron chi connectivity index (χ0n) is 20.8. The third-order valence-electron chi connectivity index (χ3n) is 5.24. The van der Waals surface area contributed by atoms with Crippen molar-refractivity contribution in [2.45, 2.75) is 84.9 Å². The van der Waals surface area contributed by atoms with E-state index in [2.05, 4.69) is 11.3 Å². The van der Waals surface area contributed by atoms with Crippen molar-refractivity contribution in [1.82, 2.24) is 0 Å². The molecule has 0 fully saturated rings. The van der Waals surface area contributed by atoms with Crippen molar-refractivity contribution in [2.24, 2.45) is 11.8 Å². The van der Waals surface area contributed by atoms with Crippen LogP contribution in [0.2, 0.25) is 0 Å². The van der Waals surface area contributed by atoms with Crippen LogP contribution >= 0.6 is 22.6 Å². The van der Waals surface area contributed by atoms with Gasteiger partial charge in [0.05, 0.1) is 11.8 Å². The standard InChI is InChI=1S/C11H11F10IO2.C9H8F10/c1-5(23)24-4-7(22)2-6(9(13,14)15)3-8(12,10(16,17)18)11(19,20)21;1-2-3-5(7(11,12)13)4-6(10,8(14,15)16)9(17,18)19/h6-7H,2-4H2,1H3;2,5H,1,3-4H2. The number of esters is 1. The Morgan fingerprint density at radius 1 is 0.651 bits per heavy atom. The molecule has 0 rings (SSSR count). The summed E-state index contributed by atoms with van der Waals surface area (Å²) in [6, 6.07) is 0. The van der Waals surface area contributed by atoms with Crippen LogP contribution in [0.15, 0.2) is 12.7 Å². The Hall–Kier alpha value is -1.46. The maximum atomic E-state index is 13.5. The molecule has 2 nitrogen and oxygen atoms in total. The molecule has 0 heterocycles. The van der Waals surface area contributed by atoms with Crippen molar-refractivity contribution < 1.29 is 97.3 Å². The first-order chi connectivity index (χ1) is 18.6. The van der Waals surface area contributed by atoms with E-state index >= 15 is 0 Å². The van der Waals surface area contributed by atoms with Crippen molar-refractivity contribution in [3.63, 3.8) is 0 Å². The minimum atomic E-state index is -6.56. The molecule has 0 amide bonds. The minimum Gasteiger partial charge on any atom is -0.465 e. The number of allylic oxidation sites excluding steroid dienone is 1. The molecule has 0 aromatic heterocycles. The smallest absolute Gasteiger partial charge is 0.431 e. The minimum absolute atomic E-state index is 0.478. The Kier molecular flexibility index (Phi) is 15.0. The molecule has 0 saturated carbocycles. The number of hydrogen-bond donors (Lipinski definition) is 0. The quantitative estimate of drug-likeness (QED) is 0.0724. The van der Waals surface area contributed by atoms with Crippen molar-refractivity contribution in [3.05, 3.63) is 12.7 Å². The van der Waals surface area contributed by atoms with Gasteiger partial charge in [-0.1, -0.05) is 28.7 Å². The van der Waals surface area contributed by atoms with E-state index in [-0.39, 0.29) is 0 Å². The highest BCUT2D eigenvalue weighted by molar-refractivity contribution is 14.1. The number of rotatable bonds is 10. The fraction of sp³-hybridized carbons (Fsp3) is 0.850. The van der Waals surface area contributed by atoms with Gasteiger partial charge in [-0.05, 0) is 12.8 Å². The van der Waals surface area contributed by atoms with Gasteiger partial charge >= 0.3 is 43.0 Å². The van der Waals surface area contributed by atoms with E-state index in [1.807, 2.05) is 0 Å². The molecular weight excluding hydrogens is 779 g/mol. The summed E-state index contributed by atoms with van der Waals surface area (Å²) in [6.07, 6.45) is -44.7. The highest BCUT2D eigenvalue weighted by Crippen LogP contribution is 2.53. The molecule has 0 spiro atoms. The largest absolute Gasteiger partial charge is 0.465 e. The predicted octanol–water partition coefficient (Wildman–Crippen LogP) is 10.1. The Balaban J connectivity index is 0. The Morgan fingerprint density at radius 2 is 0.953 bits per heavy atom. The van der Waals surface area contributed by atoms with Crippen LogP contribution in [0.3, 0.4) is 0 Å². The van der Waals surface area contributed by atoms with Gasteiger partial charge in [-0.3, -0.25) is 4.79 Å². The molecule has 0 saturated heterocycles. The Bertz CT molecular complexity index is 852. The van der Waals surface area contributed by atoms with Crippen molar-refractivity contribution in [3.8, 4) is 0 Å². The van der Waals surface area contributed by atoms with Gasteiger partial charge in [0.15, 0.2) is 0 Å². The summed E-state index contributed by atoms with van der Waals surface area (Å²) >= 11 is 1.26. The molecule has 0 bridgehead atoms. The highest BCUT2D eigenvalue weighted by atomic mass is 127. The number of alkyl halides is 21. The lowest BCUT2D eigenvalue weighted by molar-refractivity contribution is -0.353. The van der Waals surface area contributed by atoms with E-state index in [1.165, 1.54) is 22.6 Å². The molecule has 0 aliphatic rings. The van der Waals surface area contributed by atoms with Gasteiger partial charge in [-0.25, -0.2) is 8.78 Å². The molecule has 258 valence electrons. The molecule has 0 aromatic carbocycles. The van der Waals surface area contributed by atoms with Crippen LogP contribution in [0.1, 0.15) is 32.6 Å². The molecule has 23 heteroatoms. The number of hydrogen-bond acceptors (Lipinski definition) is 2. The van der Waals surface area contributed by atoms with Crippen LogP contribution in [0.25, 0.3) is 0 Å². The van der Waals surface area contributed by atoms with Gasteiger partial charge in [-0.2, -0.15) is 79.0 Å². The van der Waals surface area contributed by atoms with Crippen molar-refractivity contribution in [1.29, 1.82) is 0 Å². The van der Waals surface area contributed by atoms with Gasteiger partial charge in [0.2, 0.25) is 0 Å². The summed E-state index contributed by atoms with van der Waals surface area (Å²) in [5.74, 6) is -7.26. The monoisotopic (exact) mass is 798 g/mol. The average Bonchev–Trinajstić information content (AvgIpc) is 2.72. The fourth-order valence-electron chi connectivity index (χ4n) is 2.91. The summed E-state index contributed by atoms with van der Waals surface area (Å²) in [7, 11) is 0. The van der Waals surface area contributed by atoms with Gasteiger partial charge in [0.1, 0.15) is 6.61 Å². The van der Waals surface area contributed by atoms with Gasteiger partial charge < -0.3 is 4.74 Å². The van der Waals surface area contributed by atoms with Crippen molar-refractivity contribution >= 4 is 28.6 Å². The molecule has 3 atom stereocenters. The third kappa shape index (κ3) is 12.8. The summed E-state index contributed by atoms with van der Waals surface area (Å²) < 4.78 is 252. The molecular formula is C20H19F20IO2. The summed E-state index contributed by atoms with van der Waals surface area (Å²) in [6.45, 7) is 3.02. The third-order valence-corrected chi connectivity index (χ3v) is 6.11. The molecule has 0 N–H and O–H groups in total. The topological polar surface area (TPSA) is 26.3 Å². The van der Waals surface area contributed by atoms with Gasteiger partial charge in [0.25, 0.3) is 11.3 Å². The number of carbonyl (C=O) groups is 1. The second-order valence-electron chi connectivity index (χ2n) is 8.64. The Morgan fingerprint density at radius 3 is 1.19 bits per heavy atom. The normalized spacial score (nSPS) is 16.5. The summed E-state index contributed by atoms with van der Waals surface area (Å²) in [5.41, 5.74) is -11.9. The van der Waals surface area contributed by atoms with Gasteiger partial charge in [0, 0.05) is 23.7 Å². The number of carbonyl (C=O) groups excluding carboxylic acids is 1. The molecule has 0 radical (unpaired) electrons. The van der Waals surface area contributed by atoms with Crippen LogP contribution in [0, 0.1) is 11.8 Å². The molecule has 0 aromatic rings. The zero-order chi connectivity index (χ0) is 35.3. The number of ether oxygens (including phenoxy) is 1. The molecule has 0 aliphatic carbocycles. The maximum Gasteiger partial charge on any atom is 0.431 e. The summed E-state index contributed by atoms with van der Waals surface area (Å²) in [5, 5.41) is 0. The number of halogens is 21. The van der Waals surface area contributed by atoms with E-state index in [0.29, 0.717) is 6.08 Å². The first-order valence-electron chi connectivity index (χ1n) is 10.7. The summed E-state index contributed by atoms with van der Waals surface area (Å²) in [4.78, 5) is 10.5. The average molecular weight is 798 g/mol. The zero-order valence-corrected chi connectivity index (χ0v) is 23.0. The molecule has 0 aliphatic heterocycles. The lowest BCUT2D eigenvalue weighted by Gasteiger charge is -2.34. The van der Waals surface area contributed by atoms with Crippen molar-refractivity contribution in [2.75, 3.05) is 6.61 Å². The lowest BCUT2D eigenvalue weighted by atomic mass is 9.87. The van der Waals surface area contributed by atoms with E-state index in [1.54, 1.807) is 0 Å². The first kappa shape index (κ1) is 43.7. The second-order valence-corrected chi connectivity index (χ2v) is 10.4. The lowest BCUT2D eigenvalue weighted by Crippen LogP contribution is -2.55. The SMILES string of the molecule is C=CCC(CC(F)(C(F)(F)F)C(F)(F)F)C(F)(F)F.CC(=O)OCC(I)CC(CC(F)(C(F)(F)F)C(F)(F)F)C(F)(F)F. The van der Waals surface area contributed by atoms with Crippen LogP contribution in [0.4, 0.5) is 87.8 Å². The van der Waals surface area contributed by atoms with Crippen LogP contribution < -0.4 is 0 Å². The van der Waals surface area contributed by atoms with Crippen LogP contribution in [-0.4, -0.2) is 64.9 Å². The highest BCUT2D eigenvalue weighted by Gasteiger charge is 2.74. The van der Waals surface area contributed by atoms with Gasteiger partial charge in [-0.15, -0.1) is 6.58 Å². The van der Waals surface area contributed by atoms with Crippen LogP contribution in [-0.2, 0) is 9.53 Å². The van der Waals surface area contributed by atoms with E-state index in [9.17, 15) is 92.6 Å². The Labute approximate surface area is 242 Å². The van der Waals surface area contributed by atoms with Crippen LogP contribution in [0.5, 0.6) is 0 Å². The second kappa shape index (κ2) is 14.8. The fourth-order valence-corrected chi connectivity index (χ4v) is 3.71. The van der Waals surface area contributed by atoms with E-state index < -0.39 is 102 Å². The predicted molar refractivity (Wildman–Crippen MR) is 114 cm³/mol. The molecule has 3 unspecified atom stereocenters.